The summed E-state index contributed by atoms with van der Waals surface area (Å²) >= 11 is 0. The Hall–Kier alpha value is -1.79. The minimum atomic E-state index is -0.607. The number of nitrogens with one attached hydrogen (secondary N) is 1. The second-order valence-corrected chi connectivity index (χ2v) is 5.67. The maximum Gasteiger partial charge on any atom is 0.438 e. The SMILES string of the molecule is CC(C)(C)OC(=O)N1CCCCC1c1noc(=O)[nH]1. The van der Waals surface area contributed by atoms with Crippen molar-refractivity contribution in [3.63, 3.8) is 0 Å². The minimum absolute atomic E-state index is 0.282. The van der Waals surface area contributed by atoms with E-state index in [2.05, 4.69) is 14.7 Å². The lowest BCUT2D eigenvalue weighted by Gasteiger charge is -2.35. The van der Waals surface area contributed by atoms with Crippen LogP contribution in [0.1, 0.15) is 51.9 Å². The van der Waals surface area contributed by atoms with E-state index in [0.29, 0.717) is 12.4 Å². The van der Waals surface area contributed by atoms with Crippen LogP contribution in [0, 0.1) is 0 Å². The molecule has 106 valence electrons. The highest BCUT2D eigenvalue weighted by Gasteiger charge is 2.33. The Balaban J connectivity index is 2.16. The fraction of sp³-hybridized carbons (Fsp3) is 0.750. The Morgan fingerprint density at radius 3 is 2.79 bits per heavy atom. The van der Waals surface area contributed by atoms with Crippen molar-refractivity contribution >= 4 is 6.09 Å². The molecule has 0 spiro atoms. The van der Waals surface area contributed by atoms with E-state index in [4.69, 9.17) is 4.74 Å². The first kappa shape index (κ1) is 13.6. The summed E-state index contributed by atoms with van der Waals surface area (Å²) < 4.78 is 9.88. The molecule has 1 amide bonds. The fourth-order valence-electron chi connectivity index (χ4n) is 2.14. The molecule has 2 heterocycles. The number of carbonyl (C=O) groups excluding carboxylic acids is 1. The van der Waals surface area contributed by atoms with Crippen LogP contribution in [0.4, 0.5) is 4.79 Å². The number of nitrogens with zero attached hydrogens (tertiary/aromatic N) is 2. The van der Waals surface area contributed by atoms with Crippen LogP contribution in [-0.2, 0) is 4.74 Å². The maximum atomic E-state index is 12.2. The first-order valence-electron chi connectivity index (χ1n) is 6.42. The lowest BCUT2D eigenvalue weighted by Crippen LogP contribution is -2.42. The predicted octanol–water partition coefficient (Wildman–Crippen LogP) is 1.82. The van der Waals surface area contributed by atoms with Crippen LogP contribution in [0.2, 0.25) is 0 Å². The van der Waals surface area contributed by atoms with Gasteiger partial charge in [0, 0.05) is 6.54 Å². The first-order valence-corrected chi connectivity index (χ1v) is 6.42. The second kappa shape index (κ2) is 5.07. The van der Waals surface area contributed by atoms with Gasteiger partial charge in [-0.05, 0) is 40.0 Å². The number of aromatic amines is 1. The number of carbonyl (C=O) groups is 1. The molecule has 0 bridgehead atoms. The maximum absolute atomic E-state index is 12.2. The molecule has 1 aromatic rings. The van der Waals surface area contributed by atoms with Gasteiger partial charge in [0.25, 0.3) is 0 Å². The second-order valence-electron chi connectivity index (χ2n) is 5.67. The summed E-state index contributed by atoms with van der Waals surface area (Å²) in [7, 11) is 0. The van der Waals surface area contributed by atoms with Crippen molar-refractivity contribution < 1.29 is 14.1 Å². The average molecular weight is 269 g/mol. The molecular formula is C12H19N3O4. The number of rotatable bonds is 1. The zero-order valence-electron chi connectivity index (χ0n) is 11.4. The highest BCUT2D eigenvalue weighted by Crippen LogP contribution is 2.29. The largest absolute Gasteiger partial charge is 0.444 e. The van der Waals surface area contributed by atoms with E-state index < -0.39 is 11.4 Å². The highest BCUT2D eigenvalue weighted by atomic mass is 16.6. The summed E-state index contributed by atoms with van der Waals surface area (Å²) in [4.78, 5) is 27.3. The molecule has 7 nitrogen and oxygen atoms in total. The van der Waals surface area contributed by atoms with Crippen molar-refractivity contribution in [2.45, 2.75) is 51.7 Å². The molecular weight excluding hydrogens is 250 g/mol. The smallest absolute Gasteiger partial charge is 0.438 e. The molecule has 0 saturated carbocycles. The van der Waals surface area contributed by atoms with Crippen molar-refractivity contribution in [3.8, 4) is 0 Å². The fourth-order valence-corrected chi connectivity index (χ4v) is 2.14. The van der Waals surface area contributed by atoms with Gasteiger partial charge in [0.2, 0.25) is 0 Å². The van der Waals surface area contributed by atoms with Crippen molar-refractivity contribution in [2.24, 2.45) is 0 Å². The Bertz CT molecular complexity index is 500. The van der Waals surface area contributed by atoms with E-state index >= 15 is 0 Å². The van der Waals surface area contributed by atoms with Crippen molar-refractivity contribution in [2.75, 3.05) is 6.54 Å². The van der Waals surface area contributed by atoms with Gasteiger partial charge in [-0.1, -0.05) is 5.16 Å². The number of hydrogen-bond acceptors (Lipinski definition) is 5. The van der Waals surface area contributed by atoms with Crippen molar-refractivity contribution in [3.05, 3.63) is 16.4 Å². The van der Waals surface area contributed by atoms with E-state index in [9.17, 15) is 9.59 Å². The number of piperidine rings is 1. The van der Waals surface area contributed by atoms with Gasteiger partial charge in [-0.2, -0.15) is 0 Å². The third-order valence-electron chi connectivity index (χ3n) is 2.90. The Labute approximate surface area is 110 Å². The van der Waals surface area contributed by atoms with Crippen LogP contribution in [0.15, 0.2) is 9.32 Å². The molecule has 2 rings (SSSR count). The van der Waals surface area contributed by atoms with Crippen LogP contribution in [0.3, 0.4) is 0 Å². The molecule has 1 saturated heterocycles. The Kier molecular flexibility index (Phi) is 3.64. The highest BCUT2D eigenvalue weighted by molar-refractivity contribution is 5.68. The Morgan fingerprint density at radius 2 is 2.21 bits per heavy atom. The zero-order chi connectivity index (χ0) is 14.0. The van der Waals surface area contributed by atoms with Gasteiger partial charge in [0.1, 0.15) is 5.60 Å². The van der Waals surface area contributed by atoms with Gasteiger partial charge >= 0.3 is 11.8 Å². The average Bonchev–Trinajstić information content (AvgIpc) is 2.73. The molecule has 0 aromatic carbocycles. The normalized spacial score (nSPS) is 20.4. The number of aromatic nitrogens is 2. The minimum Gasteiger partial charge on any atom is -0.444 e. The molecule has 1 aromatic heterocycles. The lowest BCUT2D eigenvalue weighted by atomic mass is 10.0. The van der Waals surface area contributed by atoms with E-state index in [1.165, 1.54) is 0 Å². The number of likely N-dealkylation sites (tertiary alicyclic amines) is 1. The molecule has 7 heteroatoms. The Morgan fingerprint density at radius 1 is 1.47 bits per heavy atom. The van der Waals surface area contributed by atoms with Gasteiger partial charge in [-0.25, -0.2) is 9.59 Å². The quantitative estimate of drug-likeness (QED) is 0.840. The van der Waals surface area contributed by atoms with Crippen LogP contribution < -0.4 is 5.76 Å². The summed E-state index contributed by atoms with van der Waals surface area (Å²) in [5, 5.41) is 3.68. The lowest BCUT2D eigenvalue weighted by molar-refractivity contribution is 0.00821. The van der Waals surface area contributed by atoms with Crippen LogP contribution in [0.5, 0.6) is 0 Å². The summed E-state index contributed by atoms with van der Waals surface area (Å²) in [6.07, 6.45) is 2.24. The summed E-state index contributed by atoms with van der Waals surface area (Å²) in [5.41, 5.74) is -0.545. The van der Waals surface area contributed by atoms with Crippen LogP contribution in [0.25, 0.3) is 0 Å². The molecule has 1 aliphatic rings. The zero-order valence-corrected chi connectivity index (χ0v) is 11.4. The van der Waals surface area contributed by atoms with E-state index in [1.54, 1.807) is 4.90 Å². The molecule has 1 N–H and O–H groups in total. The molecule has 1 fully saturated rings. The monoisotopic (exact) mass is 269 g/mol. The third kappa shape index (κ3) is 3.36. The molecule has 1 unspecified atom stereocenters. The van der Waals surface area contributed by atoms with E-state index in [0.717, 1.165) is 19.3 Å². The van der Waals surface area contributed by atoms with Crippen molar-refractivity contribution in [1.29, 1.82) is 0 Å². The summed E-state index contributed by atoms with van der Waals surface area (Å²) in [6.45, 7) is 6.06. The van der Waals surface area contributed by atoms with Gasteiger partial charge < -0.3 is 4.74 Å². The van der Waals surface area contributed by atoms with Gasteiger partial charge in [-0.3, -0.25) is 14.4 Å². The molecule has 1 aliphatic heterocycles. The molecule has 0 radical (unpaired) electrons. The third-order valence-corrected chi connectivity index (χ3v) is 2.90. The van der Waals surface area contributed by atoms with E-state index in [1.807, 2.05) is 20.8 Å². The predicted molar refractivity (Wildman–Crippen MR) is 66.7 cm³/mol. The van der Waals surface area contributed by atoms with Crippen molar-refractivity contribution in [1.82, 2.24) is 15.0 Å². The van der Waals surface area contributed by atoms with E-state index in [-0.39, 0.29) is 12.1 Å². The van der Waals surface area contributed by atoms with Gasteiger partial charge in [0.05, 0.1) is 6.04 Å². The standard InChI is InChI=1S/C12H19N3O4/c1-12(2,3)18-11(17)15-7-5-4-6-8(15)9-13-10(16)19-14-9/h8H,4-7H2,1-3H3,(H,13,14,16). The number of ether oxygens (including phenoxy) is 1. The number of hydrogen-bond donors (Lipinski definition) is 1. The van der Waals surface area contributed by atoms with Gasteiger partial charge in [0.15, 0.2) is 5.82 Å². The molecule has 0 aliphatic carbocycles. The van der Waals surface area contributed by atoms with Crippen LogP contribution in [-0.4, -0.2) is 33.3 Å². The number of H-pyrrole nitrogens is 1. The van der Waals surface area contributed by atoms with Crippen LogP contribution >= 0.6 is 0 Å². The summed E-state index contributed by atoms with van der Waals surface area (Å²) in [5.74, 6) is -0.222. The molecule has 19 heavy (non-hydrogen) atoms. The molecule has 1 atom stereocenters. The topological polar surface area (TPSA) is 88.4 Å². The summed E-state index contributed by atoms with van der Waals surface area (Å²) in [6, 6.07) is -0.282. The number of amides is 1. The van der Waals surface area contributed by atoms with Gasteiger partial charge in [-0.15, -0.1) is 0 Å². The first-order chi connectivity index (χ1) is 8.87.